The zero-order chi connectivity index (χ0) is 11.0. The van der Waals surface area contributed by atoms with Crippen molar-refractivity contribution >= 4 is 12.4 Å². The molecule has 1 fully saturated rings. The molecule has 0 atom stereocenters. The first-order valence-corrected chi connectivity index (χ1v) is 5.45. The maximum absolute atomic E-state index is 5.28. The molecule has 0 spiro atoms. The standard InChI is InChI=1S/C12H13N3O.ClH/c1-8-4-2-3-5-10(8)11-14-12(16-15-11)9-6-13-7-9;/h2-5,9,13H,6-7H2,1H3;1H. The molecule has 0 unspecified atom stereocenters. The Morgan fingerprint density at radius 3 is 2.71 bits per heavy atom. The quantitative estimate of drug-likeness (QED) is 0.889. The molecule has 0 saturated carbocycles. The summed E-state index contributed by atoms with van der Waals surface area (Å²) < 4.78 is 5.28. The highest BCUT2D eigenvalue weighted by molar-refractivity contribution is 5.85. The highest BCUT2D eigenvalue weighted by Crippen LogP contribution is 2.23. The molecule has 5 heteroatoms. The second-order valence-electron chi connectivity index (χ2n) is 4.13. The summed E-state index contributed by atoms with van der Waals surface area (Å²) in [6.45, 7) is 3.93. The Labute approximate surface area is 106 Å². The van der Waals surface area contributed by atoms with Crippen molar-refractivity contribution in [3.63, 3.8) is 0 Å². The minimum Gasteiger partial charge on any atom is -0.339 e. The molecule has 1 saturated heterocycles. The summed E-state index contributed by atoms with van der Waals surface area (Å²) in [7, 11) is 0. The molecular weight excluding hydrogens is 238 g/mol. The molecule has 1 N–H and O–H groups in total. The van der Waals surface area contributed by atoms with Crippen LogP contribution in [0.4, 0.5) is 0 Å². The number of rotatable bonds is 2. The van der Waals surface area contributed by atoms with E-state index in [1.807, 2.05) is 18.2 Å². The Kier molecular flexibility index (Phi) is 3.45. The number of nitrogens with one attached hydrogen (secondary N) is 1. The van der Waals surface area contributed by atoms with Crippen LogP contribution in [0.25, 0.3) is 11.4 Å². The molecule has 0 amide bonds. The maximum atomic E-state index is 5.28. The summed E-state index contributed by atoms with van der Waals surface area (Å²) in [5, 5.41) is 7.23. The van der Waals surface area contributed by atoms with E-state index in [2.05, 4.69) is 28.4 Å². The zero-order valence-corrected chi connectivity index (χ0v) is 10.3. The van der Waals surface area contributed by atoms with Gasteiger partial charge in [-0.3, -0.25) is 0 Å². The SMILES string of the molecule is Cc1ccccc1-c1noc(C2CNC2)n1.Cl. The fourth-order valence-electron chi connectivity index (χ4n) is 1.80. The van der Waals surface area contributed by atoms with Crippen LogP contribution in [0.5, 0.6) is 0 Å². The molecule has 1 aromatic carbocycles. The molecule has 1 aliphatic rings. The molecule has 4 nitrogen and oxygen atoms in total. The van der Waals surface area contributed by atoms with Crippen LogP contribution in [-0.4, -0.2) is 23.2 Å². The molecule has 90 valence electrons. The first kappa shape index (κ1) is 12.1. The number of aryl methyl sites for hydroxylation is 1. The molecule has 1 aromatic heterocycles. The number of nitrogens with zero attached hydrogens (tertiary/aromatic N) is 2. The lowest BCUT2D eigenvalue weighted by molar-refractivity contribution is 0.308. The molecule has 0 bridgehead atoms. The largest absolute Gasteiger partial charge is 0.339 e. The number of hydrogen-bond acceptors (Lipinski definition) is 4. The average molecular weight is 252 g/mol. The van der Waals surface area contributed by atoms with E-state index in [0.717, 1.165) is 24.5 Å². The maximum Gasteiger partial charge on any atom is 0.232 e. The van der Waals surface area contributed by atoms with Crippen molar-refractivity contribution in [3.05, 3.63) is 35.7 Å². The third-order valence-corrected chi connectivity index (χ3v) is 2.96. The van der Waals surface area contributed by atoms with Crippen LogP contribution >= 0.6 is 12.4 Å². The Morgan fingerprint density at radius 1 is 1.29 bits per heavy atom. The van der Waals surface area contributed by atoms with E-state index in [9.17, 15) is 0 Å². The smallest absolute Gasteiger partial charge is 0.232 e. The van der Waals surface area contributed by atoms with Crippen molar-refractivity contribution in [2.45, 2.75) is 12.8 Å². The molecule has 2 heterocycles. The summed E-state index contributed by atoms with van der Waals surface area (Å²) in [6.07, 6.45) is 0. The highest BCUT2D eigenvalue weighted by atomic mass is 35.5. The van der Waals surface area contributed by atoms with E-state index in [0.29, 0.717) is 11.7 Å². The van der Waals surface area contributed by atoms with E-state index in [4.69, 9.17) is 4.52 Å². The van der Waals surface area contributed by atoms with E-state index in [1.165, 1.54) is 5.56 Å². The minimum absolute atomic E-state index is 0. The number of benzene rings is 1. The Bertz CT molecular complexity index is 508. The van der Waals surface area contributed by atoms with Crippen molar-refractivity contribution in [1.29, 1.82) is 0 Å². The second-order valence-corrected chi connectivity index (χ2v) is 4.13. The fraction of sp³-hybridized carbons (Fsp3) is 0.333. The summed E-state index contributed by atoms with van der Waals surface area (Å²) >= 11 is 0. The van der Waals surface area contributed by atoms with Gasteiger partial charge in [0, 0.05) is 18.7 Å². The van der Waals surface area contributed by atoms with Gasteiger partial charge >= 0.3 is 0 Å². The molecule has 0 aliphatic carbocycles. The van der Waals surface area contributed by atoms with E-state index < -0.39 is 0 Å². The van der Waals surface area contributed by atoms with E-state index in [-0.39, 0.29) is 12.4 Å². The van der Waals surface area contributed by atoms with E-state index >= 15 is 0 Å². The number of hydrogen-bond donors (Lipinski definition) is 1. The first-order chi connectivity index (χ1) is 7.84. The zero-order valence-electron chi connectivity index (χ0n) is 9.51. The Hall–Kier alpha value is -1.39. The monoisotopic (exact) mass is 251 g/mol. The van der Waals surface area contributed by atoms with Gasteiger partial charge in [-0.05, 0) is 12.5 Å². The van der Waals surface area contributed by atoms with Crippen molar-refractivity contribution < 1.29 is 4.52 Å². The van der Waals surface area contributed by atoms with Crippen LogP contribution < -0.4 is 5.32 Å². The van der Waals surface area contributed by atoms with Crippen LogP contribution in [0, 0.1) is 6.92 Å². The molecule has 0 radical (unpaired) electrons. The third-order valence-electron chi connectivity index (χ3n) is 2.96. The van der Waals surface area contributed by atoms with Gasteiger partial charge in [0.2, 0.25) is 11.7 Å². The molecule has 2 aromatic rings. The summed E-state index contributed by atoms with van der Waals surface area (Å²) in [4.78, 5) is 4.45. The summed E-state index contributed by atoms with van der Waals surface area (Å²) in [5.41, 5.74) is 2.21. The van der Waals surface area contributed by atoms with Gasteiger partial charge in [-0.1, -0.05) is 29.4 Å². The topological polar surface area (TPSA) is 51.0 Å². The minimum atomic E-state index is 0. The van der Waals surface area contributed by atoms with Crippen LogP contribution in [0.3, 0.4) is 0 Å². The predicted octanol–water partition coefficient (Wildman–Crippen LogP) is 2.15. The van der Waals surface area contributed by atoms with Crippen LogP contribution in [-0.2, 0) is 0 Å². The van der Waals surface area contributed by atoms with E-state index in [1.54, 1.807) is 0 Å². The van der Waals surface area contributed by atoms with Crippen molar-refractivity contribution in [3.8, 4) is 11.4 Å². The fourth-order valence-corrected chi connectivity index (χ4v) is 1.80. The summed E-state index contributed by atoms with van der Waals surface area (Å²) in [6, 6.07) is 8.07. The van der Waals surface area contributed by atoms with Crippen molar-refractivity contribution in [2.24, 2.45) is 0 Å². The number of aromatic nitrogens is 2. The van der Waals surface area contributed by atoms with Gasteiger partial charge in [-0.2, -0.15) is 4.98 Å². The van der Waals surface area contributed by atoms with Gasteiger partial charge in [0.05, 0.1) is 5.92 Å². The second kappa shape index (κ2) is 4.85. The summed E-state index contributed by atoms with van der Waals surface area (Å²) in [5.74, 6) is 1.84. The van der Waals surface area contributed by atoms with Gasteiger partial charge in [-0.15, -0.1) is 12.4 Å². The predicted molar refractivity (Wildman–Crippen MR) is 67.3 cm³/mol. The number of halogens is 1. The molecule has 1 aliphatic heterocycles. The third kappa shape index (κ3) is 2.18. The lowest BCUT2D eigenvalue weighted by Gasteiger charge is -2.22. The van der Waals surface area contributed by atoms with Crippen LogP contribution in [0.1, 0.15) is 17.4 Å². The molecular formula is C12H14ClN3O. The van der Waals surface area contributed by atoms with Gasteiger partial charge in [0.1, 0.15) is 0 Å². The molecule has 17 heavy (non-hydrogen) atoms. The first-order valence-electron chi connectivity index (χ1n) is 5.45. The van der Waals surface area contributed by atoms with Crippen LogP contribution in [0.15, 0.2) is 28.8 Å². The highest BCUT2D eigenvalue weighted by Gasteiger charge is 2.25. The van der Waals surface area contributed by atoms with Crippen molar-refractivity contribution in [1.82, 2.24) is 15.5 Å². The average Bonchev–Trinajstić information content (AvgIpc) is 2.65. The van der Waals surface area contributed by atoms with Crippen molar-refractivity contribution in [2.75, 3.05) is 13.1 Å². The van der Waals surface area contributed by atoms with Gasteiger partial charge in [0.15, 0.2) is 0 Å². The Balaban J connectivity index is 0.00000108. The lowest BCUT2D eigenvalue weighted by atomic mass is 10.0. The van der Waals surface area contributed by atoms with Gasteiger partial charge in [-0.25, -0.2) is 0 Å². The van der Waals surface area contributed by atoms with Gasteiger partial charge < -0.3 is 9.84 Å². The Morgan fingerprint density at radius 2 is 2.06 bits per heavy atom. The van der Waals surface area contributed by atoms with Crippen LogP contribution in [0.2, 0.25) is 0 Å². The lowest BCUT2D eigenvalue weighted by Crippen LogP contribution is -2.40. The van der Waals surface area contributed by atoms with Gasteiger partial charge in [0.25, 0.3) is 0 Å². The normalized spacial score (nSPS) is 15.1. The molecule has 3 rings (SSSR count).